The number of nitrogens with one attached hydrogen (secondary N) is 1. The molecule has 0 unspecified atom stereocenters. The lowest BCUT2D eigenvalue weighted by Gasteiger charge is -2.12. The lowest BCUT2D eigenvalue weighted by Crippen LogP contribution is -2.08. The van der Waals surface area contributed by atoms with Crippen LogP contribution in [0.15, 0.2) is 53.6 Å². The predicted octanol–water partition coefficient (Wildman–Crippen LogP) is 4.98. The van der Waals surface area contributed by atoms with Crippen molar-refractivity contribution in [2.45, 2.75) is 6.18 Å². The first-order valence-electron chi connectivity index (χ1n) is 6.31. The highest BCUT2D eigenvalue weighted by molar-refractivity contribution is 5.89. The number of rotatable bonds is 2. The maximum Gasteiger partial charge on any atom is 0.417 e. The lowest BCUT2D eigenvalue weighted by atomic mass is 10.1. The van der Waals surface area contributed by atoms with Gasteiger partial charge in [0.25, 0.3) is 0 Å². The Morgan fingerprint density at radius 3 is 2.32 bits per heavy atom. The standard InChI is InChI=1S/C15H9F3N4/c16-15(17,18)11-7-3-1-5-9(11)13-20-12-8-4-2-6-10(12)14(21-13)22-19/h1-8,19H. The van der Waals surface area contributed by atoms with Gasteiger partial charge >= 0.3 is 6.18 Å². The van der Waals surface area contributed by atoms with Gasteiger partial charge in [0.05, 0.1) is 11.1 Å². The minimum absolute atomic E-state index is 0.0394. The summed E-state index contributed by atoms with van der Waals surface area (Å²) < 4.78 is 39.3. The second-order valence-electron chi connectivity index (χ2n) is 4.54. The van der Waals surface area contributed by atoms with Gasteiger partial charge in [0.1, 0.15) is 0 Å². The largest absolute Gasteiger partial charge is 0.417 e. The van der Waals surface area contributed by atoms with E-state index in [1.54, 1.807) is 24.3 Å². The zero-order valence-corrected chi connectivity index (χ0v) is 11.1. The molecule has 1 aromatic heterocycles. The fourth-order valence-corrected chi connectivity index (χ4v) is 2.19. The molecule has 2 aromatic carbocycles. The van der Waals surface area contributed by atoms with Crippen LogP contribution in [0.3, 0.4) is 0 Å². The number of nitrogens with zero attached hydrogens (tertiary/aromatic N) is 3. The molecule has 0 aliphatic heterocycles. The van der Waals surface area contributed by atoms with E-state index in [9.17, 15) is 13.2 Å². The summed E-state index contributed by atoms with van der Waals surface area (Å²) in [5, 5.41) is 3.81. The summed E-state index contributed by atoms with van der Waals surface area (Å²) in [6, 6.07) is 11.8. The molecule has 0 saturated carbocycles. The van der Waals surface area contributed by atoms with E-state index in [1.807, 2.05) is 0 Å². The second-order valence-corrected chi connectivity index (χ2v) is 4.54. The first-order chi connectivity index (χ1) is 10.5. The average Bonchev–Trinajstić information content (AvgIpc) is 2.53. The maximum atomic E-state index is 13.1. The summed E-state index contributed by atoms with van der Waals surface area (Å²) in [5.74, 6) is -0.0600. The van der Waals surface area contributed by atoms with E-state index < -0.39 is 11.7 Å². The van der Waals surface area contributed by atoms with E-state index in [0.717, 1.165) is 6.07 Å². The molecule has 0 saturated heterocycles. The number of hydrogen-bond donors (Lipinski definition) is 1. The van der Waals surface area contributed by atoms with Gasteiger partial charge < -0.3 is 0 Å². The van der Waals surface area contributed by atoms with Crippen LogP contribution in [0.4, 0.5) is 19.0 Å². The van der Waals surface area contributed by atoms with Gasteiger partial charge in [0.2, 0.25) is 0 Å². The van der Waals surface area contributed by atoms with Crippen molar-refractivity contribution in [2.75, 3.05) is 0 Å². The number of benzene rings is 2. The molecule has 0 spiro atoms. The van der Waals surface area contributed by atoms with Gasteiger partial charge in [-0.05, 0) is 18.2 Å². The molecular formula is C15H9F3N4. The van der Waals surface area contributed by atoms with Crippen molar-refractivity contribution in [3.63, 3.8) is 0 Å². The quantitative estimate of drug-likeness (QED) is 0.679. The van der Waals surface area contributed by atoms with Crippen molar-refractivity contribution < 1.29 is 13.2 Å². The van der Waals surface area contributed by atoms with Gasteiger partial charge in [0.15, 0.2) is 11.6 Å². The van der Waals surface area contributed by atoms with Crippen LogP contribution in [0, 0.1) is 5.53 Å². The van der Waals surface area contributed by atoms with Gasteiger partial charge in [0, 0.05) is 10.9 Å². The van der Waals surface area contributed by atoms with Crippen molar-refractivity contribution in [1.82, 2.24) is 9.97 Å². The smallest absolute Gasteiger partial charge is 0.228 e. The van der Waals surface area contributed by atoms with Gasteiger partial charge in [-0.2, -0.15) is 13.2 Å². The van der Waals surface area contributed by atoms with Crippen LogP contribution in [0.25, 0.3) is 22.3 Å². The molecule has 22 heavy (non-hydrogen) atoms. The third kappa shape index (κ3) is 2.41. The molecule has 0 aliphatic rings. The number of para-hydroxylation sites is 1. The fourth-order valence-electron chi connectivity index (χ4n) is 2.19. The number of halogens is 3. The lowest BCUT2D eigenvalue weighted by molar-refractivity contribution is -0.137. The SMILES string of the molecule is N=Nc1nc(-c2ccccc2C(F)(F)F)nc2ccccc12. The summed E-state index contributed by atoms with van der Waals surface area (Å²) >= 11 is 0. The van der Waals surface area contributed by atoms with Gasteiger partial charge in [-0.3, -0.25) is 0 Å². The Balaban J connectivity index is 2.30. The molecule has 0 aliphatic carbocycles. The average molecular weight is 302 g/mol. The molecule has 3 rings (SSSR count). The summed E-state index contributed by atoms with van der Waals surface area (Å²) in [7, 11) is 0. The molecule has 1 N–H and O–H groups in total. The van der Waals surface area contributed by atoms with E-state index in [2.05, 4.69) is 15.1 Å². The molecule has 7 heteroatoms. The molecule has 0 amide bonds. The Morgan fingerprint density at radius 1 is 0.909 bits per heavy atom. The monoisotopic (exact) mass is 302 g/mol. The predicted molar refractivity (Wildman–Crippen MR) is 74.8 cm³/mol. The zero-order chi connectivity index (χ0) is 15.7. The molecule has 1 heterocycles. The highest BCUT2D eigenvalue weighted by Crippen LogP contribution is 2.37. The second kappa shape index (κ2) is 5.18. The summed E-state index contributed by atoms with van der Waals surface area (Å²) in [4.78, 5) is 8.17. The fraction of sp³-hybridized carbons (Fsp3) is 0.0667. The molecule has 0 fully saturated rings. The summed E-state index contributed by atoms with van der Waals surface area (Å²) in [6.07, 6.45) is -4.51. The number of aromatic nitrogens is 2. The minimum atomic E-state index is -4.51. The summed E-state index contributed by atoms with van der Waals surface area (Å²) in [5.41, 5.74) is 6.66. The van der Waals surface area contributed by atoms with Crippen LogP contribution in [-0.4, -0.2) is 9.97 Å². The summed E-state index contributed by atoms with van der Waals surface area (Å²) in [6.45, 7) is 0. The van der Waals surface area contributed by atoms with Crippen molar-refractivity contribution in [1.29, 1.82) is 5.53 Å². The highest BCUT2D eigenvalue weighted by Gasteiger charge is 2.34. The molecule has 3 aromatic rings. The molecule has 0 bridgehead atoms. The molecule has 0 atom stereocenters. The van der Waals surface area contributed by atoms with Crippen LogP contribution in [-0.2, 0) is 6.18 Å². The van der Waals surface area contributed by atoms with E-state index >= 15 is 0 Å². The number of alkyl halides is 3. The zero-order valence-electron chi connectivity index (χ0n) is 11.1. The Labute approximate surface area is 123 Å². The first-order valence-corrected chi connectivity index (χ1v) is 6.31. The van der Waals surface area contributed by atoms with Gasteiger partial charge in [-0.1, -0.05) is 30.3 Å². The molecule has 4 nitrogen and oxygen atoms in total. The third-order valence-electron chi connectivity index (χ3n) is 3.16. The first kappa shape index (κ1) is 14.1. The van der Waals surface area contributed by atoms with Crippen molar-refractivity contribution in [2.24, 2.45) is 5.11 Å². The molecule has 110 valence electrons. The number of fused-ring (bicyclic) bond motifs is 1. The molecule has 0 radical (unpaired) electrons. The highest BCUT2D eigenvalue weighted by atomic mass is 19.4. The van der Waals surface area contributed by atoms with Gasteiger partial charge in [-0.25, -0.2) is 15.5 Å². The van der Waals surface area contributed by atoms with Crippen molar-refractivity contribution in [3.8, 4) is 11.4 Å². The van der Waals surface area contributed by atoms with E-state index in [0.29, 0.717) is 10.9 Å². The Hall–Kier alpha value is -2.83. The molecular weight excluding hydrogens is 293 g/mol. The van der Waals surface area contributed by atoms with E-state index in [4.69, 9.17) is 5.53 Å². The van der Waals surface area contributed by atoms with Gasteiger partial charge in [-0.15, -0.1) is 5.11 Å². The van der Waals surface area contributed by atoms with E-state index in [-0.39, 0.29) is 17.2 Å². The number of hydrogen-bond acceptors (Lipinski definition) is 4. The third-order valence-corrected chi connectivity index (χ3v) is 3.16. The maximum absolute atomic E-state index is 13.1. The van der Waals surface area contributed by atoms with Crippen molar-refractivity contribution >= 4 is 16.7 Å². The van der Waals surface area contributed by atoms with E-state index in [1.165, 1.54) is 18.2 Å². The Morgan fingerprint density at radius 2 is 1.59 bits per heavy atom. The topological polar surface area (TPSA) is 62.0 Å². The minimum Gasteiger partial charge on any atom is -0.228 e. The van der Waals surface area contributed by atoms with Crippen molar-refractivity contribution in [3.05, 3.63) is 54.1 Å². The Kier molecular flexibility index (Phi) is 3.32. The van der Waals surface area contributed by atoms with Crippen LogP contribution < -0.4 is 0 Å². The van der Waals surface area contributed by atoms with Crippen LogP contribution in [0.1, 0.15) is 5.56 Å². The Bertz CT molecular complexity index is 859. The van der Waals surface area contributed by atoms with Crippen LogP contribution in [0.2, 0.25) is 0 Å². The van der Waals surface area contributed by atoms with Crippen LogP contribution in [0.5, 0.6) is 0 Å². The normalized spacial score (nSPS) is 11.6. The van der Waals surface area contributed by atoms with Crippen LogP contribution >= 0.6 is 0 Å².